The van der Waals surface area contributed by atoms with Crippen molar-refractivity contribution in [1.82, 2.24) is 9.62 Å². The van der Waals surface area contributed by atoms with Crippen LogP contribution in [0.1, 0.15) is 31.4 Å². The second-order valence-corrected chi connectivity index (χ2v) is 8.48. The van der Waals surface area contributed by atoms with Crippen molar-refractivity contribution in [3.8, 4) is 0 Å². The molecule has 0 bridgehead atoms. The Balaban J connectivity index is 1.92. The van der Waals surface area contributed by atoms with Crippen molar-refractivity contribution in [2.45, 2.75) is 44.2 Å². The van der Waals surface area contributed by atoms with E-state index < -0.39 is 10.0 Å². The van der Waals surface area contributed by atoms with Crippen LogP contribution < -0.4 is 4.72 Å². The van der Waals surface area contributed by atoms with E-state index in [1.165, 1.54) is 23.1 Å². The number of amides is 1. The summed E-state index contributed by atoms with van der Waals surface area (Å²) in [5.41, 5.74) is 1.34. The predicted octanol–water partition coefficient (Wildman–Crippen LogP) is 3.10. The summed E-state index contributed by atoms with van der Waals surface area (Å²) in [5, 5.41) is 0. The lowest BCUT2D eigenvalue weighted by atomic mass is 10.1. The zero-order valence-electron chi connectivity index (χ0n) is 15.8. The fraction of sp³-hybridized carbons (Fsp3) is 0.350. The molecule has 0 spiro atoms. The minimum absolute atomic E-state index is 0.101. The van der Waals surface area contributed by atoms with Gasteiger partial charge in [0.1, 0.15) is 5.82 Å². The van der Waals surface area contributed by atoms with E-state index >= 15 is 0 Å². The Morgan fingerprint density at radius 3 is 2.33 bits per heavy atom. The van der Waals surface area contributed by atoms with E-state index in [1.807, 2.05) is 0 Å². The standard InChI is InChI=1S/C20H25FN2O3S/c1-15(2)22-27(25,26)18-11-8-16(9-12-18)10-13-20(24)23(3)14-17-6-4-5-7-19(17)21/h4-9,11-12,15,22H,10,13-14H2,1-3H3. The average Bonchev–Trinajstić information content (AvgIpc) is 2.61. The molecule has 0 aliphatic heterocycles. The fourth-order valence-corrected chi connectivity index (χ4v) is 3.88. The Morgan fingerprint density at radius 1 is 1.11 bits per heavy atom. The van der Waals surface area contributed by atoms with E-state index in [2.05, 4.69) is 4.72 Å². The lowest BCUT2D eigenvalue weighted by Crippen LogP contribution is -2.30. The number of rotatable bonds is 8. The van der Waals surface area contributed by atoms with Crippen molar-refractivity contribution in [3.63, 3.8) is 0 Å². The molecule has 27 heavy (non-hydrogen) atoms. The van der Waals surface area contributed by atoms with Crippen LogP contribution in [-0.2, 0) is 27.8 Å². The van der Waals surface area contributed by atoms with E-state index in [-0.39, 0.29) is 35.6 Å². The summed E-state index contributed by atoms with van der Waals surface area (Å²) in [6.45, 7) is 3.73. The number of hydrogen-bond donors (Lipinski definition) is 1. The van der Waals surface area contributed by atoms with Crippen LogP contribution in [0, 0.1) is 5.82 Å². The van der Waals surface area contributed by atoms with E-state index in [9.17, 15) is 17.6 Å². The number of sulfonamides is 1. The monoisotopic (exact) mass is 392 g/mol. The smallest absolute Gasteiger partial charge is 0.240 e. The molecule has 0 aromatic heterocycles. The van der Waals surface area contributed by atoms with Crippen LogP contribution in [0.15, 0.2) is 53.4 Å². The zero-order valence-corrected chi connectivity index (χ0v) is 16.6. The summed E-state index contributed by atoms with van der Waals surface area (Å²) in [4.78, 5) is 14.0. The van der Waals surface area contributed by atoms with Gasteiger partial charge in [-0.15, -0.1) is 0 Å². The lowest BCUT2D eigenvalue weighted by molar-refractivity contribution is -0.130. The third kappa shape index (κ3) is 6.15. The zero-order chi connectivity index (χ0) is 20.0. The van der Waals surface area contributed by atoms with Crippen LogP contribution in [0.4, 0.5) is 4.39 Å². The Labute approximate surface area is 160 Å². The minimum atomic E-state index is -3.52. The van der Waals surface area contributed by atoms with Gasteiger partial charge in [0, 0.05) is 31.6 Å². The Morgan fingerprint density at radius 2 is 1.74 bits per heavy atom. The SMILES string of the molecule is CC(C)NS(=O)(=O)c1ccc(CCC(=O)N(C)Cc2ccccc2F)cc1. The number of nitrogens with zero attached hydrogens (tertiary/aromatic N) is 1. The molecule has 0 saturated carbocycles. The Bertz CT molecular complexity index is 880. The summed E-state index contributed by atoms with van der Waals surface area (Å²) in [5.74, 6) is -0.430. The first-order valence-corrected chi connectivity index (χ1v) is 10.3. The van der Waals surface area contributed by atoms with Gasteiger partial charge in [-0.3, -0.25) is 4.79 Å². The molecule has 0 aliphatic carbocycles. The van der Waals surface area contributed by atoms with Gasteiger partial charge in [-0.1, -0.05) is 30.3 Å². The van der Waals surface area contributed by atoms with E-state index in [0.29, 0.717) is 12.0 Å². The van der Waals surface area contributed by atoms with Crippen molar-refractivity contribution in [2.24, 2.45) is 0 Å². The second kappa shape index (κ2) is 9.10. The maximum Gasteiger partial charge on any atom is 0.240 e. The molecule has 0 unspecified atom stereocenters. The lowest BCUT2D eigenvalue weighted by Gasteiger charge is -2.17. The summed E-state index contributed by atoms with van der Waals surface area (Å²) in [6.07, 6.45) is 0.750. The number of halogens is 1. The van der Waals surface area contributed by atoms with Crippen molar-refractivity contribution in [3.05, 3.63) is 65.5 Å². The van der Waals surface area contributed by atoms with Gasteiger partial charge in [0.25, 0.3) is 0 Å². The fourth-order valence-electron chi connectivity index (χ4n) is 2.63. The molecule has 0 fully saturated rings. The number of nitrogens with one attached hydrogen (secondary N) is 1. The molecule has 1 N–H and O–H groups in total. The van der Waals surface area contributed by atoms with Gasteiger partial charge in [-0.25, -0.2) is 17.5 Å². The number of aryl methyl sites for hydroxylation is 1. The van der Waals surface area contributed by atoms with E-state index in [4.69, 9.17) is 0 Å². The maximum absolute atomic E-state index is 13.7. The second-order valence-electron chi connectivity index (χ2n) is 6.76. The topological polar surface area (TPSA) is 66.5 Å². The first kappa shape index (κ1) is 21.1. The summed E-state index contributed by atoms with van der Waals surface area (Å²) < 4.78 is 40.4. The van der Waals surface area contributed by atoms with Gasteiger partial charge in [-0.2, -0.15) is 0 Å². The van der Waals surface area contributed by atoms with Crippen molar-refractivity contribution in [2.75, 3.05) is 7.05 Å². The molecular formula is C20H25FN2O3S. The molecule has 2 rings (SSSR count). The third-order valence-corrected chi connectivity index (χ3v) is 5.72. The predicted molar refractivity (Wildman–Crippen MR) is 103 cm³/mol. The van der Waals surface area contributed by atoms with Gasteiger partial charge < -0.3 is 4.90 Å². The molecule has 5 nitrogen and oxygen atoms in total. The molecule has 0 radical (unpaired) electrons. The van der Waals surface area contributed by atoms with Crippen LogP contribution in [-0.4, -0.2) is 32.3 Å². The normalized spacial score (nSPS) is 11.6. The van der Waals surface area contributed by atoms with Crippen molar-refractivity contribution < 1.29 is 17.6 Å². The van der Waals surface area contributed by atoms with Crippen LogP contribution >= 0.6 is 0 Å². The first-order valence-electron chi connectivity index (χ1n) is 8.77. The molecule has 0 atom stereocenters. The third-order valence-electron chi connectivity index (χ3n) is 4.04. The van der Waals surface area contributed by atoms with Crippen molar-refractivity contribution in [1.29, 1.82) is 0 Å². The van der Waals surface area contributed by atoms with Crippen LogP contribution in [0.25, 0.3) is 0 Å². The molecule has 146 valence electrons. The summed E-state index contributed by atoms with van der Waals surface area (Å²) in [7, 11) is -1.88. The molecule has 0 heterocycles. The van der Waals surface area contributed by atoms with Crippen LogP contribution in [0.3, 0.4) is 0 Å². The molecular weight excluding hydrogens is 367 g/mol. The van der Waals surface area contributed by atoms with Gasteiger partial charge in [0.15, 0.2) is 0 Å². The summed E-state index contributed by atoms with van der Waals surface area (Å²) in [6, 6.07) is 12.7. The van der Waals surface area contributed by atoms with Gasteiger partial charge in [0.05, 0.1) is 4.90 Å². The van der Waals surface area contributed by atoms with E-state index in [0.717, 1.165) is 5.56 Å². The van der Waals surface area contributed by atoms with Crippen LogP contribution in [0.2, 0.25) is 0 Å². The highest BCUT2D eigenvalue weighted by Crippen LogP contribution is 2.14. The molecule has 0 saturated heterocycles. The maximum atomic E-state index is 13.7. The number of carbonyl (C=O) groups excluding carboxylic acids is 1. The van der Waals surface area contributed by atoms with Gasteiger partial charge >= 0.3 is 0 Å². The van der Waals surface area contributed by atoms with Gasteiger partial charge in [-0.05, 0) is 44.0 Å². The van der Waals surface area contributed by atoms with Crippen molar-refractivity contribution >= 4 is 15.9 Å². The Kier molecular flexibility index (Phi) is 7.10. The Hall–Kier alpha value is -2.25. The number of benzene rings is 2. The minimum Gasteiger partial charge on any atom is -0.341 e. The molecule has 2 aromatic carbocycles. The first-order chi connectivity index (χ1) is 12.7. The summed E-state index contributed by atoms with van der Waals surface area (Å²) >= 11 is 0. The van der Waals surface area contributed by atoms with Gasteiger partial charge in [0.2, 0.25) is 15.9 Å². The highest BCUT2D eigenvalue weighted by Gasteiger charge is 2.15. The van der Waals surface area contributed by atoms with Crippen LogP contribution in [0.5, 0.6) is 0 Å². The highest BCUT2D eigenvalue weighted by molar-refractivity contribution is 7.89. The average molecular weight is 392 g/mol. The molecule has 1 amide bonds. The molecule has 0 aliphatic rings. The van der Waals surface area contributed by atoms with E-state index in [1.54, 1.807) is 51.2 Å². The molecule has 2 aromatic rings. The highest BCUT2D eigenvalue weighted by atomic mass is 32.2. The number of carbonyl (C=O) groups is 1. The molecule has 7 heteroatoms. The largest absolute Gasteiger partial charge is 0.341 e. The quantitative estimate of drug-likeness (QED) is 0.751. The number of hydrogen-bond acceptors (Lipinski definition) is 3.